The predicted molar refractivity (Wildman–Crippen MR) is 74.6 cm³/mol. The largest absolute Gasteiger partial charge is 0.495 e. The van der Waals surface area contributed by atoms with E-state index < -0.39 is 6.10 Å². The Labute approximate surface area is 117 Å². The fourth-order valence-corrected chi connectivity index (χ4v) is 1.80. The Bertz CT molecular complexity index is 605. The van der Waals surface area contributed by atoms with Crippen molar-refractivity contribution < 1.29 is 14.6 Å². The SMILES string of the molecule is COc1cc(OC[C@H](O)c2ccccc2)ccc1C#N. The standard InChI is InChI=1S/C16H15NO3/c1-19-16-9-14(8-7-13(16)10-17)20-11-15(18)12-5-3-2-4-6-12/h2-9,15,18H,11H2,1H3/t15-/m0/s1. The molecule has 0 unspecified atom stereocenters. The van der Waals surface area contributed by atoms with Crippen LogP contribution in [-0.4, -0.2) is 18.8 Å². The summed E-state index contributed by atoms with van der Waals surface area (Å²) < 4.78 is 10.6. The molecule has 0 heterocycles. The zero-order chi connectivity index (χ0) is 14.4. The highest BCUT2D eigenvalue weighted by atomic mass is 16.5. The van der Waals surface area contributed by atoms with Gasteiger partial charge in [0.2, 0.25) is 0 Å². The van der Waals surface area contributed by atoms with E-state index in [0.717, 1.165) is 5.56 Å². The highest BCUT2D eigenvalue weighted by Crippen LogP contribution is 2.25. The third kappa shape index (κ3) is 3.28. The second-order valence-electron chi connectivity index (χ2n) is 4.21. The van der Waals surface area contributed by atoms with Crippen molar-refractivity contribution in [2.75, 3.05) is 13.7 Å². The van der Waals surface area contributed by atoms with Crippen LogP contribution in [0.2, 0.25) is 0 Å². The van der Waals surface area contributed by atoms with E-state index in [1.165, 1.54) is 7.11 Å². The molecule has 0 bridgehead atoms. The van der Waals surface area contributed by atoms with Crippen LogP contribution in [0.1, 0.15) is 17.2 Å². The maximum absolute atomic E-state index is 10.0. The van der Waals surface area contributed by atoms with E-state index in [-0.39, 0.29) is 6.61 Å². The van der Waals surface area contributed by atoms with Crippen molar-refractivity contribution in [2.24, 2.45) is 0 Å². The minimum absolute atomic E-state index is 0.138. The molecule has 20 heavy (non-hydrogen) atoms. The Morgan fingerprint density at radius 1 is 1.20 bits per heavy atom. The maximum Gasteiger partial charge on any atom is 0.140 e. The topological polar surface area (TPSA) is 62.5 Å². The first kappa shape index (κ1) is 13.9. The van der Waals surface area contributed by atoms with Crippen molar-refractivity contribution in [3.63, 3.8) is 0 Å². The molecular formula is C16H15NO3. The normalized spacial score (nSPS) is 11.4. The Morgan fingerprint density at radius 2 is 1.95 bits per heavy atom. The molecule has 0 amide bonds. The fourth-order valence-electron chi connectivity index (χ4n) is 1.80. The molecule has 0 aliphatic carbocycles. The summed E-state index contributed by atoms with van der Waals surface area (Å²) in [6.45, 7) is 0.138. The second kappa shape index (κ2) is 6.60. The van der Waals surface area contributed by atoms with Crippen molar-refractivity contribution in [2.45, 2.75) is 6.10 Å². The number of nitrogens with zero attached hydrogens (tertiary/aromatic N) is 1. The highest BCUT2D eigenvalue weighted by molar-refractivity contribution is 5.47. The number of nitriles is 1. The molecule has 0 saturated heterocycles. The molecule has 2 rings (SSSR count). The van der Waals surface area contributed by atoms with Crippen LogP contribution in [0, 0.1) is 11.3 Å². The predicted octanol–water partition coefficient (Wildman–Crippen LogP) is 2.68. The van der Waals surface area contributed by atoms with Gasteiger partial charge in [-0.25, -0.2) is 0 Å². The number of methoxy groups -OCH3 is 1. The maximum atomic E-state index is 10.0. The van der Waals surface area contributed by atoms with Crippen molar-refractivity contribution in [3.05, 3.63) is 59.7 Å². The van der Waals surface area contributed by atoms with Crippen LogP contribution >= 0.6 is 0 Å². The van der Waals surface area contributed by atoms with Gasteiger partial charge in [-0.2, -0.15) is 5.26 Å². The summed E-state index contributed by atoms with van der Waals surface area (Å²) in [6, 6.07) is 16.3. The molecule has 1 N–H and O–H groups in total. The van der Waals surface area contributed by atoms with Crippen molar-refractivity contribution in [3.8, 4) is 17.6 Å². The molecule has 0 aliphatic rings. The van der Waals surface area contributed by atoms with E-state index >= 15 is 0 Å². The summed E-state index contributed by atoms with van der Waals surface area (Å²) in [5.41, 5.74) is 1.25. The Hall–Kier alpha value is -2.51. The molecule has 2 aromatic carbocycles. The van der Waals surface area contributed by atoms with E-state index in [1.54, 1.807) is 18.2 Å². The average molecular weight is 269 g/mol. The smallest absolute Gasteiger partial charge is 0.140 e. The number of aliphatic hydroxyl groups is 1. The molecule has 2 aromatic rings. The van der Waals surface area contributed by atoms with E-state index in [0.29, 0.717) is 17.1 Å². The van der Waals surface area contributed by atoms with Gasteiger partial charge >= 0.3 is 0 Å². The molecule has 0 radical (unpaired) electrons. The van der Waals surface area contributed by atoms with E-state index in [2.05, 4.69) is 0 Å². The van der Waals surface area contributed by atoms with Gasteiger partial charge in [0.1, 0.15) is 30.3 Å². The van der Waals surface area contributed by atoms with Crippen LogP contribution in [0.5, 0.6) is 11.5 Å². The van der Waals surface area contributed by atoms with Crippen LogP contribution in [0.25, 0.3) is 0 Å². The third-order valence-electron chi connectivity index (χ3n) is 2.89. The molecule has 0 saturated carbocycles. The molecule has 1 atom stereocenters. The molecular weight excluding hydrogens is 254 g/mol. The first-order valence-corrected chi connectivity index (χ1v) is 6.18. The lowest BCUT2D eigenvalue weighted by Crippen LogP contribution is -2.09. The number of rotatable bonds is 5. The first-order valence-electron chi connectivity index (χ1n) is 6.18. The van der Waals surface area contributed by atoms with Gasteiger partial charge in [0.25, 0.3) is 0 Å². The number of ether oxygens (including phenoxy) is 2. The van der Waals surface area contributed by atoms with Gasteiger partial charge < -0.3 is 14.6 Å². The van der Waals surface area contributed by atoms with Crippen molar-refractivity contribution in [1.82, 2.24) is 0 Å². The van der Waals surface area contributed by atoms with Gasteiger partial charge in [-0.3, -0.25) is 0 Å². The summed E-state index contributed by atoms with van der Waals surface area (Å²) in [7, 11) is 1.50. The third-order valence-corrected chi connectivity index (χ3v) is 2.89. The highest BCUT2D eigenvalue weighted by Gasteiger charge is 2.09. The Morgan fingerprint density at radius 3 is 2.60 bits per heavy atom. The van der Waals surface area contributed by atoms with Gasteiger partial charge in [0.05, 0.1) is 12.7 Å². The van der Waals surface area contributed by atoms with Crippen LogP contribution < -0.4 is 9.47 Å². The molecule has 0 spiro atoms. The molecule has 4 heteroatoms. The average Bonchev–Trinajstić information content (AvgIpc) is 2.53. The van der Waals surface area contributed by atoms with E-state index in [4.69, 9.17) is 14.7 Å². The summed E-state index contributed by atoms with van der Waals surface area (Å²) >= 11 is 0. The van der Waals surface area contributed by atoms with Crippen LogP contribution in [0.15, 0.2) is 48.5 Å². The molecule has 0 fully saturated rings. The minimum Gasteiger partial charge on any atom is -0.495 e. The van der Waals surface area contributed by atoms with Crippen molar-refractivity contribution >= 4 is 0 Å². The first-order chi connectivity index (χ1) is 9.74. The van der Waals surface area contributed by atoms with Crippen molar-refractivity contribution in [1.29, 1.82) is 5.26 Å². The van der Waals surface area contributed by atoms with Gasteiger partial charge in [-0.1, -0.05) is 30.3 Å². The zero-order valence-electron chi connectivity index (χ0n) is 11.1. The molecule has 102 valence electrons. The Balaban J connectivity index is 2.03. The number of benzene rings is 2. The van der Waals surface area contributed by atoms with Gasteiger partial charge in [-0.05, 0) is 17.7 Å². The van der Waals surface area contributed by atoms with E-state index in [1.807, 2.05) is 36.4 Å². The molecule has 0 aromatic heterocycles. The summed E-state index contributed by atoms with van der Waals surface area (Å²) in [6.07, 6.45) is -0.696. The summed E-state index contributed by atoms with van der Waals surface area (Å²) in [5.74, 6) is 1.01. The number of hydrogen-bond acceptors (Lipinski definition) is 4. The quantitative estimate of drug-likeness (QED) is 0.906. The molecule has 0 aliphatic heterocycles. The zero-order valence-corrected chi connectivity index (χ0v) is 11.1. The lowest BCUT2D eigenvalue weighted by atomic mass is 10.1. The second-order valence-corrected chi connectivity index (χ2v) is 4.21. The van der Waals surface area contributed by atoms with Crippen LogP contribution in [0.4, 0.5) is 0 Å². The van der Waals surface area contributed by atoms with E-state index in [9.17, 15) is 5.11 Å². The minimum atomic E-state index is -0.696. The fraction of sp³-hybridized carbons (Fsp3) is 0.188. The van der Waals surface area contributed by atoms with Crippen LogP contribution in [0.3, 0.4) is 0 Å². The van der Waals surface area contributed by atoms with Gasteiger partial charge in [0, 0.05) is 6.07 Å². The lowest BCUT2D eigenvalue weighted by molar-refractivity contribution is 0.108. The lowest BCUT2D eigenvalue weighted by Gasteiger charge is -2.13. The summed E-state index contributed by atoms with van der Waals surface area (Å²) in [5, 5.41) is 18.9. The monoisotopic (exact) mass is 269 g/mol. The number of aliphatic hydroxyl groups excluding tert-OH is 1. The number of hydrogen-bond donors (Lipinski definition) is 1. The summed E-state index contributed by atoms with van der Waals surface area (Å²) in [4.78, 5) is 0. The van der Waals surface area contributed by atoms with Gasteiger partial charge in [0.15, 0.2) is 0 Å². The van der Waals surface area contributed by atoms with Crippen LogP contribution in [-0.2, 0) is 0 Å². The Kier molecular flexibility index (Phi) is 4.59. The molecule has 4 nitrogen and oxygen atoms in total. The van der Waals surface area contributed by atoms with Gasteiger partial charge in [-0.15, -0.1) is 0 Å².